The van der Waals surface area contributed by atoms with Crippen LogP contribution in [-0.4, -0.2) is 45.7 Å². The standard InChI is InChI=1S/C17H17F3N2O5S/c1-22(11-16(23)21-12-4-3-5-14(10-12)26-2)28(24,25)15-8-6-13(7-9-15)27-17(18,19)20/h3-10H,11H2,1-2H3,(H,21,23). The van der Waals surface area contributed by atoms with E-state index in [-0.39, 0.29) is 4.90 Å². The molecule has 2 aromatic carbocycles. The molecule has 0 heterocycles. The van der Waals surface area contributed by atoms with Crippen LogP contribution in [0.1, 0.15) is 0 Å². The minimum absolute atomic E-state index is 0.279. The van der Waals surface area contributed by atoms with Gasteiger partial charge in [-0.15, -0.1) is 13.2 Å². The van der Waals surface area contributed by atoms with Gasteiger partial charge >= 0.3 is 6.36 Å². The third kappa shape index (κ3) is 5.86. The molecule has 2 aromatic rings. The van der Waals surface area contributed by atoms with Crippen molar-refractivity contribution in [2.24, 2.45) is 0 Å². The van der Waals surface area contributed by atoms with Crippen LogP contribution in [0.15, 0.2) is 53.4 Å². The number of ether oxygens (including phenoxy) is 2. The number of amides is 1. The smallest absolute Gasteiger partial charge is 0.497 e. The van der Waals surface area contributed by atoms with Crippen LogP contribution in [0, 0.1) is 0 Å². The SMILES string of the molecule is COc1cccc(NC(=O)CN(C)S(=O)(=O)c2ccc(OC(F)(F)F)cc2)c1. The summed E-state index contributed by atoms with van der Waals surface area (Å²) in [5.41, 5.74) is 0.420. The van der Waals surface area contributed by atoms with Crippen LogP contribution in [0.25, 0.3) is 0 Å². The number of methoxy groups -OCH3 is 1. The first-order chi connectivity index (χ1) is 13.0. The van der Waals surface area contributed by atoms with E-state index in [2.05, 4.69) is 10.1 Å². The molecule has 0 fully saturated rings. The summed E-state index contributed by atoms with van der Waals surface area (Å²) in [5, 5.41) is 2.54. The Morgan fingerprint density at radius 3 is 2.32 bits per heavy atom. The van der Waals surface area contributed by atoms with Gasteiger partial charge in [0.2, 0.25) is 15.9 Å². The number of sulfonamides is 1. The summed E-state index contributed by atoms with van der Waals surface area (Å²) in [6.45, 7) is -0.500. The normalized spacial score (nSPS) is 11.9. The van der Waals surface area contributed by atoms with E-state index in [1.165, 1.54) is 14.2 Å². The van der Waals surface area contributed by atoms with Gasteiger partial charge in [0.05, 0.1) is 18.6 Å². The Kier molecular flexibility index (Phi) is 6.52. The van der Waals surface area contributed by atoms with E-state index in [4.69, 9.17) is 4.74 Å². The van der Waals surface area contributed by atoms with Crippen LogP contribution in [0.4, 0.5) is 18.9 Å². The number of halogens is 3. The molecule has 0 aromatic heterocycles. The number of carbonyl (C=O) groups is 1. The highest BCUT2D eigenvalue weighted by molar-refractivity contribution is 7.89. The van der Waals surface area contributed by atoms with Crippen molar-refractivity contribution in [3.05, 3.63) is 48.5 Å². The Morgan fingerprint density at radius 1 is 1.11 bits per heavy atom. The molecule has 152 valence electrons. The van der Waals surface area contributed by atoms with Gasteiger partial charge in [0.1, 0.15) is 11.5 Å². The summed E-state index contributed by atoms with van der Waals surface area (Å²) in [6.07, 6.45) is -4.88. The molecule has 28 heavy (non-hydrogen) atoms. The van der Waals surface area contributed by atoms with Crippen molar-refractivity contribution in [3.63, 3.8) is 0 Å². The second-order valence-corrected chi connectivity index (χ2v) is 7.61. The molecular weight excluding hydrogens is 401 g/mol. The van der Waals surface area contributed by atoms with Gasteiger partial charge in [-0.05, 0) is 36.4 Å². The fourth-order valence-corrected chi connectivity index (χ4v) is 3.31. The Hall–Kier alpha value is -2.79. The Morgan fingerprint density at radius 2 is 1.75 bits per heavy atom. The molecule has 1 amide bonds. The molecule has 11 heteroatoms. The zero-order valence-corrected chi connectivity index (χ0v) is 15.7. The predicted molar refractivity (Wildman–Crippen MR) is 94.6 cm³/mol. The van der Waals surface area contributed by atoms with Crippen molar-refractivity contribution in [3.8, 4) is 11.5 Å². The van der Waals surface area contributed by atoms with E-state index in [9.17, 15) is 26.4 Å². The number of benzene rings is 2. The van der Waals surface area contributed by atoms with Crippen molar-refractivity contribution in [1.82, 2.24) is 4.31 Å². The molecule has 2 rings (SSSR count). The van der Waals surface area contributed by atoms with Gasteiger partial charge in [0.15, 0.2) is 0 Å². The molecular formula is C17H17F3N2O5S. The summed E-state index contributed by atoms with van der Waals surface area (Å²) in [5.74, 6) is -0.638. The summed E-state index contributed by atoms with van der Waals surface area (Å²) >= 11 is 0. The van der Waals surface area contributed by atoms with Gasteiger partial charge < -0.3 is 14.8 Å². The fraction of sp³-hybridized carbons (Fsp3) is 0.235. The van der Waals surface area contributed by atoms with Crippen molar-refractivity contribution < 1.29 is 35.9 Å². The number of anilines is 1. The van der Waals surface area contributed by atoms with Gasteiger partial charge in [-0.3, -0.25) is 4.79 Å². The highest BCUT2D eigenvalue weighted by Gasteiger charge is 2.31. The number of hydrogen-bond donors (Lipinski definition) is 1. The fourth-order valence-electron chi connectivity index (χ4n) is 2.18. The molecule has 0 saturated carbocycles. The van der Waals surface area contributed by atoms with E-state index in [1.54, 1.807) is 24.3 Å². The van der Waals surface area contributed by atoms with Crippen LogP contribution < -0.4 is 14.8 Å². The Bertz CT molecular complexity index is 931. The van der Waals surface area contributed by atoms with Crippen molar-refractivity contribution in [1.29, 1.82) is 0 Å². The van der Waals surface area contributed by atoms with Crippen LogP contribution in [0.5, 0.6) is 11.5 Å². The maximum Gasteiger partial charge on any atom is 0.573 e. The van der Waals surface area contributed by atoms with Gasteiger partial charge in [0, 0.05) is 18.8 Å². The lowest BCUT2D eigenvalue weighted by atomic mass is 10.3. The summed E-state index contributed by atoms with van der Waals surface area (Å²) in [7, 11) is -1.44. The predicted octanol–water partition coefficient (Wildman–Crippen LogP) is 2.85. The molecule has 7 nitrogen and oxygen atoms in total. The third-order valence-corrected chi connectivity index (χ3v) is 5.30. The van der Waals surface area contributed by atoms with Gasteiger partial charge in [-0.2, -0.15) is 4.31 Å². The van der Waals surface area contributed by atoms with Crippen LogP contribution in [0.2, 0.25) is 0 Å². The lowest BCUT2D eigenvalue weighted by molar-refractivity contribution is -0.274. The van der Waals surface area contributed by atoms with E-state index in [0.29, 0.717) is 11.4 Å². The molecule has 0 bridgehead atoms. The Balaban J connectivity index is 2.05. The molecule has 0 atom stereocenters. The van der Waals surface area contributed by atoms with Crippen molar-refractivity contribution in [2.45, 2.75) is 11.3 Å². The second kappa shape index (κ2) is 8.48. The number of carbonyl (C=O) groups excluding carboxylic acids is 1. The highest BCUT2D eigenvalue weighted by Crippen LogP contribution is 2.25. The molecule has 0 unspecified atom stereocenters. The van der Waals surface area contributed by atoms with E-state index < -0.39 is 34.6 Å². The lowest BCUT2D eigenvalue weighted by Gasteiger charge is -2.17. The average Bonchev–Trinajstić information content (AvgIpc) is 2.60. The first-order valence-corrected chi connectivity index (χ1v) is 9.21. The maximum absolute atomic E-state index is 12.5. The minimum atomic E-state index is -4.88. The molecule has 0 aliphatic carbocycles. The first-order valence-electron chi connectivity index (χ1n) is 7.77. The molecule has 0 spiro atoms. The zero-order chi connectivity index (χ0) is 20.9. The van der Waals surface area contributed by atoms with Crippen molar-refractivity contribution >= 4 is 21.6 Å². The topological polar surface area (TPSA) is 84.9 Å². The summed E-state index contributed by atoms with van der Waals surface area (Å²) in [4.78, 5) is 11.8. The lowest BCUT2D eigenvalue weighted by Crippen LogP contribution is -2.35. The average molecular weight is 418 g/mol. The number of nitrogens with one attached hydrogen (secondary N) is 1. The van der Waals surface area contributed by atoms with Gasteiger partial charge in [0.25, 0.3) is 0 Å². The first kappa shape index (κ1) is 21.5. The second-order valence-electron chi connectivity index (χ2n) is 5.56. The third-order valence-electron chi connectivity index (χ3n) is 3.49. The zero-order valence-electron chi connectivity index (χ0n) is 14.9. The van der Waals surface area contributed by atoms with Crippen LogP contribution in [0.3, 0.4) is 0 Å². The molecule has 0 aliphatic rings. The monoisotopic (exact) mass is 418 g/mol. The number of nitrogens with zero attached hydrogens (tertiary/aromatic N) is 1. The number of likely N-dealkylation sites (N-methyl/N-ethyl adjacent to an activating group) is 1. The highest BCUT2D eigenvalue weighted by atomic mass is 32.2. The van der Waals surface area contributed by atoms with E-state index in [1.807, 2.05) is 0 Å². The number of hydrogen-bond acceptors (Lipinski definition) is 5. The molecule has 0 radical (unpaired) electrons. The molecule has 0 aliphatic heterocycles. The van der Waals surface area contributed by atoms with Crippen LogP contribution in [-0.2, 0) is 14.8 Å². The number of alkyl halides is 3. The van der Waals surface area contributed by atoms with Gasteiger partial charge in [-0.1, -0.05) is 6.07 Å². The minimum Gasteiger partial charge on any atom is -0.497 e. The molecule has 1 N–H and O–H groups in total. The van der Waals surface area contributed by atoms with E-state index >= 15 is 0 Å². The van der Waals surface area contributed by atoms with Crippen LogP contribution >= 0.6 is 0 Å². The Labute approximate surface area is 159 Å². The summed E-state index contributed by atoms with van der Waals surface area (Å²) < 4.78 is 71.0. The maximum atomic E-state index is 12.5. The molecule has 0 saturated heterocycles. The summed E-state index contributed by atoms with van der Waals surface area (Å²) in [6, 6.07) is 10.2. The number of rotatable bonds is 7. The van der Waals surface area contributed by atoms with E-state index in [0.717, 1.165) is 28.6 Å². The quantitative estimate of drug-likeness (QED) is 0.748. The van der Waals surface area contributed by atoms with Crippen molar-refractivity contribution in [2.75, 3.05) is 26.0 Å². The van der Waals surface area contributed by atoms with Gasteiger partial charge in [-0.25, -0.2) is 8.42 Å². The largest absolute Gasteiger partial charge is 0.573 e.